The molecule has 0 aliphatic carbocycles. The van der Waals surface area contributed by atoms with Gasteiger partial charge in [0.25, 0.3) is 11.8 Å². The summed E-state index contributed by atoms with van der Waals surface area (Å²) < 4.78 is 24.0. The van der Waals surface area contributed by atoms with Crippen LogP contribution in [0, 0.1) is 0 Å². The van der Waals surface area contributed by atoms with Crippen LogP contribution in [-0.4, -0.2) is 98.5 Å². The molecule has 14 nitrogen and oxygen atoms in total. The number of hydroxylamine groups is 2. The predicted octanol–water partition coefficient (Wildman–Crippen LogP) is 7.75. The number of likely N-dealkylation sites (tertiary alicyclic amines) is 1. The topological polar surface area (TPSA) is 167 Å². The van der Waals surface area contributed by atoms with Gasteiger partial charge in [0.1, 0.15) is 29.0 Å². The highest BCUT2D eigenvalue weighted by Crippen LogP contribution is 2.42. The maximum atomic E-state index is 14.1. The smallest absolute Gasteiger partial charge is 0.306 e. The Hall–Kier alpha value is -6.38. The van der Waals surface area contributed by atoms with Gasteiger partial charge in [0.15, 0.2) is 0 Å². The minimum absolute atomic E-state index is 0.00493. The number of imide groups is 1. The maximum Gasteiger partial charge on any atom is 0.306 e. The van der Waals surface area contributed by atoms with Gasteiger partial charge >= 0.3 is 5.97 Å². The number of carbonyl (C=O) groups excluding carboxylic acids is 6. The third-order valence-corrected chi connectivity index (χ3v) is 12.2. The standard InChI is InChI=1S/C52H61N3O11/c1-53-47(57)31-32-49(59)66-44-34-40(36-64-52(37-16-8-6-9-17-37,38-23-27-42(62-2)28-24-38)39-25-29-43(63-3)30-26-39)54(35-44)48(58)22-12-5-4-10-18-41(56)19-11-7-15-33-65-55-50(60)45-20-13-14-21-46(45)51(55)61/h6,8-9,13-14,16-17,20-21,23-30,40,44H,4-5,7,10-12,15,18-19,22,31-36H2,1-3H3,(H,53,57)/t40-,44+/m0/s1. The molecule has 0 spiro atoms. The van der Waals surface area contributed by atoms with Gasteiger partial charge in [-0.2, -0.15) is 0 Å². The third-order valence-electron chi connectivity index (χ3n) is 12.2. The summed E-state index contributed by atoms with van der Waals surface area (Å²) in [4.78, 5) is 83.6. The molecule has 0 aromatic heterocycles. The number of esters is 1. The van der Waals surface area contributed by atoms with Crippen LogP contribution in [0.3, 0.4) is 0 Å². The molecule has 2 aliphatic heterocycles. The first-order chi connectivity index (χ1) is 32.1. The molecule has 4 amide bonds. The van der Waals surface area contributed by atoms with Crippen molar-refractivity contribution in [1.29, 1.82) is 0 Å². The van der Waals surface area contributed by atoms with Crippen molar-refractivity contribution in [3.05, 3.63) is 131 Å². The first-order valence-corrected chi connectivity index (χ1v) is 22.9. The Morgan fingerprint density at radius 1 is 0.636 bits per heavy atom. The molecule has 6 rings (SSSR count). The van der Waals surface area contributed by atoms with Crippen molar-refractivity contribution in [2.75, 3.05) is 41.0 Å². The summed E-state index contributed by atoms with van der Waals surface area (Å²) >= 11 is 0. The number of methoxy groups -OCH3 is 2. The molecule has 2 aliphatic rings. The molecule has 1 fully saturated rings. The normalized spacial score (nSPS) is 15.7. The number of benzene rings is 4. The number of fused-ring (bicyclic) bond motifs is 1. The summed E-state index contributed by atoms with van der Waals surface area (Å²) in [5.74, 6) is -0.194. The fourth-order valence-electron chi connectivity index (χ4n) is 8.57. The summed E-state index contributed by atoms with van der Waals surface area (Å²) in [6, 6.07) is 31.5. The van der Waals surface area contributed by atoms with Gasteiger partial charge < -0.3 is 29.2 Å². The summed E-state index contributed by atoms with van der Waals surface area (Å²) in [6.45, 7) is 0.522. The molecule has 0 unspecified atom stereocenters. The number of Topliss-reactive ketones (excluding diaryl/α,β-unsaturated/α-hetero) is 1. The van der Waals surface area contributed by atoms with E-state index in [1.807, 2.05) is 78.9 Å². The van der Waals surface area contributed by atoms with Crippen LogP contribution in [0.1, 0.15) is 121 Å². The quantitative estimate of drug-likeness (QED) is 0.0283. The molecule has 0 saturated carbocycles. The van der Waals surface area contributed by atoms with E-state index < -0.39 is 35.5 Å². The summed E-state index contributed by atoms with van der Waals surface area (Å²) in [6.07, 6.45) is 5.86. The van der Waals surface area contributed by atoms with Crippen LogP contribution in [0.2, 0.25) is 0 Å². The van der Waals surface area contributed by atoms with Crippen molar-refractivity contribution >= 4 is 35.4 Å². The Kier molecular flexibility index (Phi) is 18.0. The minimum Gasteiger partial charge on any atom is -0.497 e. The van der Waals surface area contributed by atoms with Gasteiger partial charge in [-0.25, -0.2) is 0 Å². The van der Waals surface area contributed by atoms with Crippen LogP contribution in [0.15, 0.2) is 103 Å². The van der Waals surface area contributed by atoms with E-state index >= 15 is 0 Å². The number of carbonyl (C=O) groups is 6. The second-order valence-corrected chi connectivity index (χ2v) is 16.6. The van der Waals surface area contributed by atoms with Crippen LogP contribution in [-0.2, 0) is 39.1 Å². The molecular formula is C52H61N3O11. The predicted molar refractivity (Wildman–Crippen MR) is 246 cm³/mol. The summed E-state index contributed by atoms with van der Waals surface area (Å²) in [5.41, 5.74) is 2.12. The lowest BCUT2D eigenvalue weighted by molar-refractivity contribution is -0.150. The number of nitrogens with zero attached hydrogens (tertiary/aromatic N) is 2. The van der Waals surface area contributed by atoms with Crippen LogP contribution in [0.25, 0.3) is 0 Å². The number of nitrogens with one attached hydrogen (secondary N) is 1. The Bertz CT molecular complexity index is 2180. The number of amides is 4. The number of unbranched alkanes of at least 4 members (excludes halogenated alkanes) is 5. The van der Waals surface area contributed by atoms with Crippen LogP contribution < -0.4 is 14.8 Å². The van der Waals surface area contributed by atoms with E-state index in [1.54, 1.807) is 43.4 Å². The highest BCUT2D eigenvalue weighted by molar-refractivity contribution is 6.20. The lowest BCUT2D eigenvalue weighted by Crippen LogP contribution is -2.42. The molecule has 1 N–H and O–H groups in total. The fraction of sp³-hybridized carbons (Fsp3) is 0.423. The van der Waals surface area contributed by atoms with Crippen molar-refractivity contribution in [2.24, 2.45) is 0 Å². The first-order valence-electron chi connectivity index (χ1n) is 22.9. The number of ketones is 1. The first kappa shape index (κ1) is 49.1. The third kappa shape index (κ3) is 12.5. The van der Waals surface area contributed by atoms with E-state index in [2.05, 4.69) is 5.32 Å². The minimum atomic E-state index is -1.12. The lowest BCUT2D eigenvalue weighted by atomic mass is 9.80. The lowest BCUT2D eigenvalue weighted by Gasteiger charge is -2.38. The Balaban J connectivity index is 1.03. The molecule has 66 heavy (non-hydrogen) atoms. The van der Waals surface area contributed by atoms with E-state index in [9.17, 15) is 28.8 Å². The van der Waals surface area contributed by atoms with Crippen molar-refractivity contribution in [3.8, 4) is 11.5 Å². The van der Waals surface area contributed by atoms with Gasteiger partial charge in [-0.1, -0.05) is 86.0 Å². The highest BCUT2D eigenvalue weighted by atomic mass is 16.7. The average molecular weight is 904 g/mol. The van der Waals surface area contributed by atoms with Crippen LogP contribution in [0.4, 0.5) is 0 Å². The van der Waals surface area contributed by atoms with E-state index in [4.69, 9.17) is 23.8 Å². The summed E-state index contributed by atoms with van der Waals surface area (Å²) in [7, 11) is 4.75. The monoisotopic (exact) mass is 903 g/mol. The number of rotatable bonds is 26. The van der Waals surface area contributed by atoms with Gasteiger partial charge in [-0.05, 0) is 78.8 Å². The van der Waals surface area contributed by atoms with Gasteiger partial charge in [-0.15, -0.1) is 5.06 Å². The zero-order valence-corrected chi connectivity index (χ0v) is 38.2. The van der Waals surface area contributed by atoms with Crippen LogP contribution >= 0.6 is 0 Å². The average Bonchev–Trinajstić information content (AvgIpc) is 3.86. The largest absolute Gasteiger partial charge is 0.497 e. The molecule has 350 valence electrons. The Labute approximate surface area is 386 Å². The number of hydrogen-bond acceptors (Lipinski definition) is 11. The molecule has 4 aromatic rings. The molecule has 2 heterocycles. The zero-order valence-electron chi connectivity index (χ0n) is 38.2. The highest BCUT2D eigenvalue weighted by Gasteiger charge is 2.43. The van der Waals surface area contributed by atoms with E-state index in [1.165, 1.54) is 7.05 Å². The number of ether oxygens (including phenoxy) is 4. The van der Waals surface area contributed by atoms with E-state index in [0.29, 0.717) is 61.2 Å². The second-order valence-electron chi connectivity index (χ2n) is 16.6. The molecule has 2 atom stereocenters. The van der Waals surface area contributed by atoms with Gasteiger partial charge in [0.05, 0.1) is 57.6 Å². The molecule has 1 saturated heterocycles. The SMILES string of the molecule is CNC(=O)CCC(=O)O[C@@H]1C[C@@H](COC(c2ccccc2)(c2ccc(OC)cc2)c2ccc(OC)cc2)N(C(=O)CCCCCCC(=O)CCCCCON2C(=O)c3ccccc3C2=O)C1. The molecule has 4 aromatic carbocycles. The zero-order chi connectivity index (χ0) is 46.9. The van der Waals surface area contributed by atoms with Crippen molar-refractivity contribution in [1.82, 2.24) is 15.3 Å². The van der Waals surface area contributed by atoms with Crippen LogP contribution in [0.5, 0.6) is 11.5 Å². The maximum absolute atomic E-state index is 14.1. The molecule has 14 heteroatoms. The van der Waals surface area contributed by atoms with Crippen molar-refractivity contribution in [3.63, 3.8) is 0 Å². The van der Waals surface area contributed by atoms with E-state index in [-0.39, 0.29) is 56.6 Å². The Morgan fingerprint density at radius 2 is 1.17 bits per heavy atom. The number of hydrogen-bond donors (Lipinski definition) is 1. The Morgan fingerprint density at radius 3 is 1.73 bits per heavy atom. The second kappa shape index (κ2) is 24.2. The van der Waals surface area contributed by atoms with Gasteiger partial charge in [0, 0.05) is 39.2 Å². The van der Waals surface area contributed by atoms with Gasteiger partial charge in [-0.3, -0.25) is 33.6 Å². The van der Waals surface area contributed by atoms with E-state index in [0.717, 1.165) is 47.4 Å². The van der Waals surface area contributed by atoms with Gasteiger partial charge in [0.2, 0.25) is 11.8 Å². The van der Waals surface area contributed by atoms with Crippen molar-refractivity contribution < 1.29 is 52.6 Å². The van der Waals surface area contributed by atoms with Crippen molar-refractivity contribution in [2.45, 2.75) is 101 Å². The molecule has 0 radical (unpaired) electrons. The molecule has 0 bridgehead atoms. The summed E-state index contributed by atoms with van der Waals surface area (Å²) in [5, 5.41) is 3.34. The fourth-order valence-corrected chi connectivity index (χ4v) is 8.57. The molecular weight excluding hydrogens is 843 g/mol.